The number of halogens is 1. The average molecular weight is 502 g/mol. The van der Waals surface area contributed by atoms with Crippen LogP contribution < -0.4 is 5.32 Å². The Labute approximate surface area is 209 Å². The number of ether oxygens (including phenoxy) is 1. The molecule has 3 aromatic carbocycles. The minimum atomic E-state index is -1.03. The van der Waals surface area contributed by atoms with Gasteiger partial charge in [0, 0.05) is 10.9 Å². The fourth-order valence-electron chi connectivity index (χ4n) is 3.62. The zero-order chi connectivity index (χ0) is 25.1. The number of hydrogen-bond donors (Lipinski definition) is 1. The van der Waals surface area contributed by atoms with Crippen molar-refractivity contribution in [3.63, 3.8) is 0 Å². The third-order valence-electron chi connectivity index (χ3n) is 5.46. The van der Waals surface area contributed by atoms with Gasteiger partial charge in [0.2, 0.25) is 5.89 Å². The molecule has 7 nitrogen and oxygen atoms in total. The van der Waals surface area contributed by atoms with Crippen LogP contribution in [0.15, 0.2) is 82.6 Å². The minimum absolute atomic E-state index is 0.239. The first-order chi connectivity index (χ1) is 17.5. The maximum absolute atomic E-state index is 13.2. The zero-order valence-electron chi connectivity index (χ0n) is 19.1. The van der Waals surface area contributed by atoms with Gasteiger partial charge in [0.15, 0.2) is 16.8 Å². The molecule has 0 aliphatic rings. The molecule has 1 unspecified atom stereocenters. The summed E-state index contributed by atoms with van der Waals surface area (Å²) in [5, 5.41) is 4.81. The number of para-hydroxylation sites is 2. The number of esters is 1. The van der Waals surface area contributed by atoms with Gasteiger partial charge in [-0.2, -0.15) is 0 Å². The van der Waals surface area contributed by atoms with E-state index in [0.717, 1.165) is 5.56 Å². The van der Waals surface area contributed by atoms with Gasteiger partial charge in [-0.05, 0) is 55.0 Å². The van der Waals surface area contributed by atoms with Crippen molar-refractivity contribution in [2.45, 2.75) is 19.4 Å². The summed E-state index contributed by atoms with van der Waals surface area (Å²) in [4.78, 5) is 34.8. The largest absolute Gasteiger partial charge is 0.449 e. The lowest BCUT2D eigenvalue weighted by molar-refractivity contribution is -0.124. The quantitative estimate of drug-likeness (QED) is 0.262. The summed E-state index contributed by atoms with van der Waals surface area (Å²) in [6, 6.07) is 20.0. The van der Waals surface area contributed by atoms with Crippen LogP contribution in [0, 0.1) is 5.82 Å². The predicted octanol–water partition coefficient (Wildman–Crippen LogP) is 6.33. The second-order valence-corrected chi connectivity index (χ2v) is 8.73. The summed E-state index contributed by atoms with van der Waals surface area (Å²) in [5.74, 6) is -1.21. The van der Waals surface area contributed by atoms with Crippen molar-refractivity contribution >= 4 is 39.4 Å². The number of carbonyl (C=O) groups excluding carboxylic acids is 2. The maximum atomic E-state index is 13.2. The van der Waals surface area contributed by atoms with E-state index in [1.807, 2.05) is 18.2 Å². The van der Waals surface area contributed by atoms with Crippen LogP contribution >= 0.6 is 11.3 Å². The summed E-state index contributed by atoms with van der Waals surface area (Å²) in [6.07, 6.45) is -0.772. The average Bonchev–Trinajstić information content (AvgIpc) is 3.54. The van der Waals surface area contributed by atoms with E-state index in [1.54, 1.807) is 54.8 Å². The summed E-state index contributed by atoms with van der Waals surface area (Å²) < 4.78 is 24.6. The molecule has 180 valence electrons. The first kappa shape index (κ1) is 23.4. The Morgan fingerprint density at radius 1 is 1.03 bits per heavy atom. The Morgan fingerprint density at radius 3 is 2.56 bits per heavy atom. The molecular weight excluding hydrogens is 481 g/mol. The number of hydrogen-bond acceptors (Lipinski definition) is 7. The number of nitrogens with zero attached hydrogens (tertiary/aromatic N) is 2. The fraction of sp³-hybridized carbons (Fsp3) is 0.111. The number of anilines is 1. The van der Waals surface area contributed by atoms with Crippen molar-refractivity contribution < 1.29 is 23.1 Å². The van der Waals surface area contributed by atoms with E-state index in [0.29, 0.717) is 27.5 Å². The lowest BCUT2D eigenvalue weighted by Gasteiger charge is -2.16. The second kappa shape index (κ2) is 10.1. The van der Waals surface area contributed by atoms with Crippen LogP contribution in [-0.4, -0.2) is 27.9 Å². The molecule has 1 N–H and O–H groups in total. The number of nitrogens with one attached hydrogen (secondary N) is 1. The van der Waals surface area contributed by atoms with Crippen molar-refractivity contribution in [1.82, 2.24) is 9.97 Å². The molecular formula is C27H20FN3O4S. The number of aromatic nitrogens is 2. The number of oxazole rings is 1. The van der Waals surface area contributed by atoms with Gasteiger partial charge in [0.05, 0.1) is 16.8 Å². The predicted molar refractivity (Wildman–Crippen MR) is 135 cm³/mol. The highest BCUT2D eigenvalue weighted by Gasteiger charge is 2.25. The third-order valence-corrected chi connectivity index (χ3v) is 6.22. The van der Waals surface area contributed by atoms with Gasteiger partial charge in [-0.15, -0.1) is 11.3 Å². The van der Waals surface area contributed by atoms with Gasteiger partial charge in [0.25, 0.3) is 5.91 Å². The van der Waals surface area contributed by atoms with Crippen LogP contribution in [0.5, 0.6) is 0 Å². The number of amides is 1. The van der Waals surface area contributed by atoms with E-state index in [9.17, 15) is 14.0 Å². The first-order valence-electron chi connectivity index (χ1n) is 11.2. The van der Waals surface area contributed by atoms with E-state index >= 15 is 0 Å². The summed E-state index contributed by atoms with van der Waals surface area (Å²) >= 11 is 1.22. The Hall–Kier alpha value is -4.37. The molecule has 0 aliphatic heterocycles. The van der Waals surface area contributed by atoms with Crippen LogP contribution in [-0.2, 0) is 9.53 Å². The van der Waals surface area contributed by atoms with Crippen LogP contribution in [0.4, 0.5) is 9.52 Å². The highest BCUT2D eigenvalue weighted by molar-refractivity contribution is 7.14. The van der Waals surface area contributed by atoms with E-state index in [-0.39, 0.29) is 23.7 Å². The fourth-order valence-corrected chi connectivity index (χ4v) is 4.34. The number of fused-ring (bicyclic) bond motifs is 1. The van der Waals surface area contributed by atoms with Crippen LogP contribution in [0.3, 0.4) is 0 Å². The molecule has 0 bridgehead atoms. The van der Waals surface area contributed by atoms with Crippen LogP contribution in [0.25, 0.3) is 33.8 Å². The molecule has 1 atom stereocenters. The number of carbonyl (C=O) groups is 2. The Kier molecular flexibility index (Phi) is 6.55. The van der Waals surface area contributed by atoms with Gasteiger partial charge in [0.1, 0.15) is 11.3 Å². The number of thiazole rings is 1. The summed E-state index contributed by atoms with van der Waals surface area (Å²) in [5.41, 5.74) is 3.31. The Bertz CT molecular complexity index is 1510. The minimum Gasteiger partial charge on any atom is -0.449 e. The van der Waals surface area contributed by atoms with E-state index in [1.165, 1.54) is 23.5 Å². The molecule has 2 heterocycles. The highest BCUT2D eigenvalue weighted by atomic mass is 32.1. The molecule has 0 saturated heterocycles. The van der Waals surface area contributed by atoms with Crippen molar-refractivity contribution in [2.24, 2.45) is 0 Å². The lowest BCUT2D eigenvalue weighted by Crippen LogP contribution is -2.32. The molecule has 0 spiro atoms. The molecule has 2 aromatic heterocycles. The first-order valence-corrected chi connectivity index (χ1v) is 12.1. The Balaban J connectivity index is 1.31. The standard InChI is InChI=1S/C27H20FN3O4S/c1-2-22(24(32)31-27-30-21(15-36-27)16-11-13-17(28)14-12-16)35-26(33)19-8-4-3-7-18(19)25-29-20-9-5-6-10-23(20)34-25/h3-15,22H,2H2,1H3,(H,30,31,32). The smallest absolute Gasteiger partial charge is 0.339 e. The van der Waals surface area contributed by atoms with Gasteiger partial charge >= 0.3 is 5.97 Å². The van der Waals surface area contributed by atoms with Crippen molar-refractivity contribution in [3.05, 3.63) is 89.6 Å². The van der Waals surface area contributed by atoms with Crippen LogP contribution in [0.2, 0.25) is 0 Å². The molecule has 0 aliphatic carbocycles. The molecule has 0 radical (unpaired) electrons. The zero-order valence-corrected chi connectivity index (χ0v) is 19.9. The molecule has 5 aromatic rings. The number of benzene rings is 3. The number of rotatable bonds is 7. The second-order valence-electron chi connectivity index (χ2n) is 7.87. The molecule has 9 heteroatoms. The van der Waals surface area contributed by atoms with Gasteiger partial charge < -0.3 is 9.15 Å². The topological polar surface area (TPSA) is 94.3 Å². The normalized spacial score (nSPS) is 11.8. The Morgan fingerprint density at radius 2 is 1.78 bits per heavy atom. The monoisotopic (exact) mass is 501 g/mol. The van der Waals surface area contributed by atoms with Crippen molar-refractivity contribution in [2.75, 3.05) is 5.32 Å². The SMILES string of the molecule is CCC(OC(=O)c1ccccc1-c1nc2ccccc2o1)C(=O)Nc1nc(-c2ccc(F)cc2)cs1. The van der Waals surface area contributed by atoms with Gasteiger partial charge in [-0.3, -0.25) is 10.1 Å². The summed E-state index contributed by atoms with van der Waals surface area (Å²) in [6.45, 7) is 1.75. The van der Waals surface area contributed by atoms with Crippen molar-refractivity contribution in [1.29, 1.82) is 0 Å². The van der Waals surface area contributed by atoms with Crippen molar-refractivity contribution in [3.8, 4) is 22.7 Å². The molecule has 0 fully saturated rings. The highest BCUT2D eigenvalue weighted by Crippen LogP contribution is 2.28. The van der Waals surface area contributed by atoms with Gasteiger partial charge in [-0.1, -0.05) is 31.2 Å². The molecule has 5 rings (SSSR count). The maximum Gasteiger partial charge on any atom is 0.339 e. The summed E-state index contributed by atoms with van der Waals surface area (Å²) in [7, 11) is 0. The van der Waals surface area contributed by atoms with Gasteiger partial charge in [-0.25, -0.2) is 19.2 Å². The molecule has 1 amide bonds. The molecule has 0 saturated carbocycles. The van der Waals surface area contributed by atoms with E-state index in [4.69, 9.17) is 9.15 Å². The molecule has 36 heavy (non-hydrogen) atoms. The van der Waals surface area contributed by atoms with E-state index in [2.05, 4.69) is 15.3 Å². The lowest BCUT2D eigenvalue weighted by atomic mass is 10.1. The van der Waals surface area contributed by atoms with Crippen LogP contribution in [0.1, 0.15) is 23.7 Å². The third kappa shape index (κ3) is 4.87. The van der Waals surface area contributed by atoms with E-state index < -0.39 is 18.0 Å².